The van der Waals surface area contributed by atoms with E-state index in [9.17, 15) is 9.59 Å². The minimum Gasteiger partial charge on any atom is -0.340 e. The first-order valence-corrected chi connectivity index (χ1v) is 8.47. The summed E-state index contributed by atoms with van der Waals surface area (Å²) in [6, 6.07) is 6.05. The van der Waals surface area contributed by atoms with Crippen molar-refractivity contribution in [1.29, 1.82) is 0 Å². The highest BCUT2D eigenvalue weighted by Gasteiger charge is 2.23. The van der Waals surface area contributed by atoms with Gasteiger partial charge in [0.05, 0.1) is 6.42 Å². The number of rotatable bonds is 3. The Kier molecular flexibility index (Phi) is 4.66. The largest absolute Gasteiger partial charge is 0.340 e. The molecule has 124 valence electrons. The van der Waals surface area contributed by atoms with Crippen LogP contribution in [0.5, 0.6) is 0 Å². The predicted octanol–water partition coefficient (Wildman–Crippen LogP) is 1.30. The maximum atomic E-state index is 12.5. The van der Waals surface area contributed by atoms with Gasteiger partial charge in [-0.15, -0.1) is 0 Å². The lowest BCUT2D eigenvalue weighted by atomic mass is 9.98. The molecule has 0 atom stereocenters. The maximum Gasteiger partial charge on any atom is 0.227 e. The Morgan fingerprint density at radius 3 is 2.57 bits per heavy atom. The molecule has 23 heavy (non-hydrogen) atoms. The topological polar surface area (TPSA) is 43.9 Å². The molecule has 0 unspecified atom stereocenters. The summed E-state index contributed by atoms with van der Waals surface area (Å²) in [4.78, 5) is 30.3. The first-order chi connectivity index (χ1) is 11.1. The van der Waals surface area contributed by atoms with Gasteiger partial charge < -0.3 is 14.7 Å². The number of piperazine rings is 1. The molecule has 1 saturated heterocycles. The van der Waals surface area contributed by atoms with E-state index < -0.39 is 0 Å². The fourth-order valence-electron chi connectivity index (χ4n) is 3.42. The number of amides is 2. The number of likely N-dealkylation sites (N-methyl/N-ethyl adjacent to an activating group) is 1. The lowest BCUT2D eigenvalue weighted by molar-refractivity contribution is -0.132. The van der Waals surface area contributed by atoms with Crippen LogP contribution in [0.1, 0.15) is 24.5 Å². The van der Waals surface area contributed by atoms with Crippen LogP contribution in [0.3, 0.4) is 0 Å². The minimum atomic E-state index is 0.162. The van der Waals surface area contributed by atoms with Crippen molar-refractivity contribution in [1.82, 2.24) is 9.80 Å². The molecule has 2 aliphatic rings. The smallest absolute Gasteiger partial charge is 0.227 e. The molecule has 3 rings (SSSR count). The van der Waals surface area contributed by atoms with Crippen molar-refractivity contribution in [3.63, 3.8) is 0 Å². The normalized spacial score (nSPS) is 19.0. The zero-order chi connectivity index (χ0) is 16.4. The van der Waals surface area contributed by atoms with Gasteiger partial charge in [0.25, 0.3) is 0 Å². The highest BCUT2D eigenvalue weighted by molar-refractivity contribution is 5.96. The van der Waals surface area contributed by atoms with Crippen LogP contribution < -0.4 is 4.90 Å². The van der Waals surface area contributed by atoms with Crippen molar-refractivity contribution < 1.29 is 9.59 Å². The fraction of sp³-hybridized carbons (Fsp3) is 0.556. The molecule has 0 radical (unpaired) electrons. The fourth-order valence-corrected chi connectivity index (χ4v) is 3.42. The summed E-state index contributed by atoms with van der Waals surface area (Å²) in [5.41, 5.74) is 3.21. The Morgan fingerprint density at radius 2 is 1.87 bits per heavy atom. The van der Waals surface area contributed by atoms with Gasteiger partial charge in [-0.25, -0.2) is 0 Å². The molecule has 2 aliphatic heterocycles. The van der Waals surface area contributed by atoms with E-state index in [-0.39, 0.29) is 11.8 Å². The summed E-state index contributed by atoms with van der Waals surface area (Å²) >= 11 is 0. The number of nitrogens with zero attached hydrogens (tertiary/aromatic N) is 3. The van der Waals surface area contributed by atoms with Gasteiger partial charge >= 0.3 is 0 Å². The average molecular weight is 315 g/mol. The number of hydrogen-bond acceptors (Lipinski definition) is 3. The van der Waals surface area contributed by atoms with Gasteiger partial charge in [-0.2, -0.15) is 0 Å². The third-order valence-corrected chi connectivity index (χ3v) is 5.02. The number of carbonyl (C=O) groups is 2. The van der Waals surface area contributed by atoms with Crippen LogP contribution in [-0.4, -0.2) is 61.4 Å². The van der Waals surface area contributed by atoms with Crippen LogP contribution in [0.2, 0.25) is 0 Å². The lowest BCUT2D eigenvalue weighted by Gasteiger charge is -2.34. The number of hydrogen-bond donors (Lipinski definition) is 0. The summed E-state index contributed by atoms with van der Waals surface area (Å²) in [5, 5.41) is 0. The van der Waals surface area contributed by atoms with Crippen LogP contribution in [0.4, 0.5) is 5.69 Å². The van der Waals surface area contributed by atoms with Crippen LogP contribution in [0.25, 0.3) is 0 Å². The molecule has 0 saturated carbocycles. The van der Waals surface area contributed by atoms with Gasteiger partial charge in [-0.3, -0.25) is 9.59 Å². The molecule has 0 bridgehead atoms. The number of fused-ring (bicyclic) bond motifs is 1. The third kappa shape index (κ3) is 3.39. The van der Waals surface area contributed by atoms with Gasteiger partial charge in [-0.1, -0.05) is 19.1 Å². The Bertz CT molecular complexity index is 606. The molecule has 5 nitrogen and oxygen atoms in total. The quantitative estimate of drug-likeness (QED) is 0.844. The van der Waals surface area contributed by atoms with Gasteiger partial charge in [0, 0.05) is 45.3 Å². The highest BCUT2D eigenvalue weighted by atomic mass is 16.2. The Balaban J connectivity index is 1.65. The van der Waals surface area contributed by atoms with Gasteiger partial charge in [0.2, 0.25) is 11.8 Å². The summed E-state index contributed by atoms with van der Waals surface area (Å²) in [7, 11) is 1.82. The van der Waals surface area contributed by atoms with Crippen molar-refractivity contribution in [2.45, 2.75) is 26.2 Å². The zero-order valence-corrected chi connectivity index (χ0v) is 14.0. The minimum absolute atomic E-state index is 0.162. The van der Waals surface area contributed by atoms with Crippen molar-refractivity contribution in [2.24, 2.45) is 0 Å². The third-order valence-electron chi connectivity index (χ3n) is 5.02. The molecular formula is C18H25N3O2. The number of anilines is 1. The SMILES string of the molecule is CCN1CCN(C(=O)Cc2ccc3c(c2)CCC(=O)N3C)CC1. The average Bonchev–Trinajstić information content (AvgIpc) is 2.58. The van der Waals surface area contributed by atoms with E-state index in [4.69, 9.17) is 0 Å². The molecule has 5 heteroatoms. The lowest BCUT2D eigenvalue weighted by Crippen LogP contribution is -2.48. The van der Waals surface area contributed by atoms with E-state index in [2.05, 4.69) is 17.9 Å². The predicted molar refractivity (Wildman–Crippen MR) is 90.6 cm³/mol. The standard InChI is InChI=1S/C18H25N3O2/c1-3-20-8-10-21(11-9-20)18(23)13-14-4-6-16-15(12-14)5-7-17(22)19(16)2/h4,6,12H,3,5,7-11,13H2,1-2H3. The van der Waals surface area contributed by atoms with E-state index in [1.54, 1.807) is 4.90 Å². The van der Waals surface area contributed by atoms with Crippen LogP contribution in [-0.2, 0) is 22.4 Å². The van der Waals surface area contributed by atoms with E-state index >= 15 is 0 Å². The zero-order valence-electron chi connectivity index (χ0n) is 14.0. The highest BCUT2D eigenvalue weighted by Crippen LogP contribution is 2.27. The molecule has 2 heterocycles. The van der Waals surface area contributed by atoms with E-state index in [1.807, 2.05) is 24.1 Å². The Labute approximate surface area is 137 Å². The first kappa shape index (κ1) is 16.0. The maximum absolute atomic E-state index is 12.5. The van der Waals surface area contributed by atoms with Gasteiger partial charge in [0.15, 0.2) is 0 Å². The molecule has 1 aromatic carbocycles. The monoisotopic (exact) mass is 315 g/mol. The Hall–Kier alpha value is -1.88. The molecule has 0 spiro atoms. The first-order valence-electron chi connectivity index (χ1n) is 8.47. The number of carbonyl (C=O) groups excluding carboxylic acids is 2. The summed E-state index contributed by atoms with van der Waals surface area (Å²) < 4.78 is 0. The second kappa shape index (κ2) is 6.71. The van der Waals surface area contributed by atoms with E-state index in [0.717, 1.165) is 50.4 Å². The molecule has 0 aliphatic carbocycles. The number of aryl methyl sites for hydroxylation is 1. The molecule has 1 aromatic rings. The van der Waals surface area contributed by atoms with E-state index in [1.165, 1.54) is 5.56 Å². The van der Waals surface area contributed by atoms with Crippen molar-refractivity contribution >= 4 is 17.5 Å². The second-order valence-corrected chi connectivity index (χ2v) is 6.41. The van der Waals surface area contributed by atoms with Gasteiger partial charge in [0.1, 0.15) is 0 Å². The summed E-state index contributed by atoms with van der Waals surface area (Å²) in [5.74, 6) is 0.371. The van der Waals surface area contributed by atoms with Crippen LogP contribution in [0, 0.1) is 0 Å². The van der Waals surface area contributed by atoms with E-state index in [0.29, 0.717) is 12.8 Å². The van der Waals surface area contributed by atoms with Crippen LogP contribution in [0.15, 0.2) is 18.2 Å². The van der Waals surface area contributed by atoms with Crippen molar-refractivity contribution in [2.75, 3.05) is 44.7 Å². The Morgan fingerprint density at radius 1 is 1.13 bits per heavy atom. The molecule has 1 fully saturated rings. The number of benzene rings is 1. The van der Waals surface area contributed by atoms with Crippen LogP contribution >= 0.6 is 0 Å². The van der Waals surface area contributed by atoms with Gasteiger partial charge in [-0.05, 0) is 30.2 Å². The summed E-state index contributed by atoms with van der Waals surface area (Å²) in [6.07, 6.45) is 1.78. The van der Waals surface area contributed by atoms with Crippen molar-refractivity contribution in [3.8, 4) is 0 Å². The molecular weight excluding hydrogens is 290 g/mol. The molecule has 0 N–H and O–H groups in total. The summed E-state index contributed by atoms with van der Waals surface area (Å²) in [6.45, 7) is 6.81. The second-order valence-electron chi connectivity index (χ2n) is 6.41. The van der Waals surface area contributed by atoms with Crippen molar-refractivity contribution in [3.05, 3.63) is 29.3 Å². The molecule has 2 amide bonds. The molecule has 0 aromatic heterocycles.